The molecule has 0 fully saturated rings. The minimum Gasteiger partial charge on any atom is -0.307 e. The van der Waals surface area contributed by atoms with Gasteiger partial charge in [-0.15, -0.1) is 0 Å². The average molecular weight is 309 g/mol. The maximum atomic E-state index is 14.3. The standard InChI is InChI=1S/C19H20FN3/c1-3-19(21-2,14-9-5-4-6-10-14)16-13-22-23-18(16)15-11-7-8-12-17(15)20/h4-13,21H,3H2,1-2H3,(H,22,23). The summed E-state index contributed by atoms with van der Waals surface area (Å²) in [6.45, 7) is 2.11. The van der Waals surface area contributed by atoms with Gasteiger partial charge in [0.1, 0.15) is 11.5 Å². The van der Waals surface area contributed by atoms with Crippen molar-refractivity contribution in [3.63, 3.8) is 0 Å². The van der Waals surface area contributed by atoms with Crippen LogP contribution in [-0.2, 0) is 5.54 Å². The van der Waals surface area contributed by atoms with E-state index in [0.29, 0.717) is 11.3 Å². The molecule has 0 radical (unpaired) electrons. The van der Waals surface area contributed by atoms with Crippen LogP contribution in [0.4, 0.5) is 4.39 Å². The lowest BCUT2D eigenvalue weighted by atomic mass is 9.80. The van der Waals surface area contributed by atoms with Gasteiger partial charge in [0.15, 0.2) is 0 Å². The van der Waals surface area contributed by atoms with Crippen LogP contribution < -0.4 is 5.32 Å². The Labute approximate surface area is 135 Å². The van der Waals surface area contributed by atoms with Crippen molar-refractivity contribution in [2.24, 2.45) is 0 Å². The Morgan fingerprint density at radius 3 is 2.43 bits per heavy atom. The van der Waals surface area contributed by atoms with Crippen molar-refractivity contribution < 1.29 is 4.39 Å². The number of rotatable bonds is 5. The van der Waals surface area contributed by atoms with Gasteiger partial charge in [-0.3, -0.25) is 5.10 Å². The lowest BCUT2D eigenvalue weighted by Crippen LogP contribution is -2.40. The van der Waals surface area contributed by atoms with Crippen LogP contribution in [0.5, 0.6) is 0 Å². The van der Waals surface area contributed by atoms with E-state index < -0.39 is 5.54 Å². The highest BCUT2D eigenvalue weighted by Gasteiger charge is 2.34. The molecular weight excluding hydrogens is 289 g/mol. The molecule has 0 amide bonds. The van der Waals surface area contributed by atoms with Crippen LogP contribution in [0.1, 0.15) is 24.5 Å². The lowest BCUT2D eigenvalue weighted by molar-refractivity contribution is 0.424. The molecule has 118 valence electrons. The van der Waals surface area contributed by atoms with Crippen molar-refractivity contribution in [3.05, 3.63) is 77.7 Å². The number of hydrogen-bond acceptors (Lipinski definition) is 2. The zero-order chi connectivity index (χ0) is 16.3. The summed E-state index contributed by atoms with van der Waals surface area (Å²) in [5.41, 5.74) is 2.80. The van der Waals surface area contributed by atoms with Gasteiger partial charge in [0.25, 0.3) is 0 Å². The molecular formula is C19H20FN3. The summed E-state index contributed by atoms with van der Waals surface area (Å²) in [6.07, 6.45) is 2.67. The molecule has 4 heteroatoms. The summed E-state index contributed by atoms with van der Waals surface area (Å²) in [7, 11) is 1.93. The summed E-state index contributed by atoms with van der Waals surface area (Å²) in [4.78, 5) is 0. The topological polar surface area (TPSA) is 40.7 Å². The van der Waals surface area contributed by atoms with Crippen molar-refractivity contribution in [2.45, 2.75) is 18.9 Å². The fourth-order valence-electron chi connectivity index (χ4n) is 3.20. The fraction of sp³-hybridized carbons (Fsp3) is 0.211. The maximum absolute atomic E-state index is 14.3. The normalized spacial score (nSPS) is 13.7. The Kier molecular flexibility index (Phi) is 4.26. The minimum absolute atomic E-state index is 0.269. The molecule has 2 N–H and O–H groups in total. The molecule has 23 heavy (non-hydrogen) atoms. The zero-order valence-corrected chi connectivity index (χ0v) is 13.3. The molecule has 1 aromatic heterocycles. The monoisotopic (exact) mass is 309 g/mol. The Bertz CT molecular complexity index is 776. The molecule has 0 saturated carbocycles. The predicted octanol–water partition coefficient (Wildman–Crippen LogP) is 4.09. The molecule has 3 rings (SSSR count). The number of H-pyrrole nitrogens is 1. The van der Waals surface area contributed by atoms with Gasteiger partial charge in [0, 0.05) is 17.3 Å². The van der Waals surface area contributed by atoms with Crippen molar-refractivity contribution in [1.29, 1.82) is 0 Å². The molecule has 2 aromatic carbocycles. The highest BCUT2D eigenvalue weighted by Crippen LogP contribution is 2.38. The van der Waals surface area contributed by atoms with E-state index in [-0.39, 0.29) is 5.82 Å². The van der Waals surface area contributed by atoms with Gasteiger partial charge in [-0.25, -0.2) is 4.39 Å². The van der Waals surface area contributed by atoms with E-state index in [0.717, 1.165) is 17.5 Å². The first-order valence-electron chi connectivity index (χ1n) is 7.76. The second-order valence-corrected chi connectivity index (χ2v) is 5.50. The zero-order valence-electron chi connectivity index (χ0n) is 13.3. The quantitative estimate of drug-likeness (QED) is 0.745. The van der Waals surface area contributed by atoms with Gasteiger partial charge >= 0.3 is 0 Å². The first kappa shape index (κ1) is 15.4. The first-order valence-corrected chi connectivity index (χ1v) is 7.76. The minimum atomic E-state index is -0.425. The van der Waals surface area contributed by atoms with Gasteiger partial charge in [-0.05, 0) is 31.2 Å². The van der Waals surface area contributed by atoms with Crippen LogP contribution in [0, 0.1) is 5.82 Å². The van der Waals surface area contributed by atoms with Crippen LogP contribution in [0.2, 0.25) is 0 Å². The Morgan fingerprint density at radius 1 is 1.09 bits per heavy atom. The number of aromatic nitrogens is 2. The molecule has 3 aromatic rings. The molecule has 0 saturated heterocycles. The summed E-state index contributed by atoms with van der Waals surface area (Å²) < 4.78 is 14.3. The first-order chi connectivity index (χ1) is 11.2. The third-order valence-corrected chi connectivity index (χ3v) is 4.45. The number of hydrogen-bond donors (Lipinski definition) is 2. The number of nitrogens with zero attached hydrogens (tertiary/aromatic N) is 1. The summed E-state index contributed by atoms with van der Waals surface area (Å²) in [5.74, 6) is -0.269. The Morgan fingerprint density at radius 2 is 1.78 bits per heavy atom. The van der Waals surface area contributed by atoms with E-state index in [1.54, 1.807) is 12.1 Å². The van der Waals surface area contributed by atoms with E-state index >= 15 is 0 Å². The highest BCUT2D eigenvalue weighted by atomic mass is 19.1. The van der Waals surface area contributed by atoms with Crippen molar-refractivity contribution in [2.75, 3.05) is 7.05 Å². The number of nitrogens with one attached hydrogen (secondary N) is 2. The summed E-state index contributed by atoms with van der Waals surface area (Å²) in [6, 6.07) is 16.9. The second-order valence-electron chi connectivity index (χ2n) is 5.50. The van der Waals surface area contributed by atoms with E-state index in [1.807, 2.05) is 37.5 Å². The van der Waals surface area contributed by atoms with Crippen molar-refractivity contribution in [1.82, 2.24) is 15.5 Å². The second kappa shape index (κ2) is 6.34. The molecule has 1 heterocycles. The lowest BCUT2D eigenvalue weighted by Gasteiger charge is -2.33. The van der Waals surface area contributed by atoms with Crippen LogP contribution in [0.25, 0.3) is 11.3 Å². The molecule has 3 nitrogen and oxygen atoms in total. The molecule has 1 atom stereocenters. The molecule has 0 aliphatic heterocycles. The number of halogens is 1. The summed E-state index contributed by atoms with van der Waals surface area (Å²) in [5, 5.41) is 10.7. The highest BCUT2D eigenvalue weighted by molar-refractivity contribution is 5.66. The molecule has 0 spiro atoms. The summed E-state index contributed by atoms with van der Waals surface area (Å²) >= 11 is 0. The van der Waals surface area contributed by atoms with Crippen LogP contribution in [0.3, 0.4) is 0 Å². The maximum Gasteiger partial charge on any atom is 0.132 e. The van der Waals surface area contributed by atoms with E-state index in [2.05, 4.69) is 34.6 Å². The van der Waals surface area contributed by atoms with Crippen LogP contribution in [0.15, 0.2) is 60.8 Å². The van der Waals surface area contributed by atoms with Crippen LogP contribution in [-0.4, -0.2) is 17.2 Å². The predicted molar refractivity (Wildman–Crippen MR) is 90.6 cm³/mol. The smallest absolute Gasteiger partial charge is 0.132 e. The van der Waals surface area contributed by atoms with Gasteiger partial charge < -0.3 is 5.32 Å². The van der Waals surface area contributed by atoms with Crippen molar-refractivity contribution >= 4 is 0 Å². The molecule has 1 unspecified atom stereocenters. The Hall–Kier alpha value is -2.46. The molecule has 0 bridgehead atoms. The largest absolute Gasteiger partial charge is 0.307 e. The van der Waals surface area contributed by atoms with Gasteiger partial charge in [-0.1, -0.05) is 49.4 Å². The molecule has 0 aliphatic rings. The van der Waals surface area contributed by atoms with Crippen LogP contribution >= 0.6 is 0 Å². The third kappa shape index (κ3) is 2.55. The van der Waals surface area contributed by atoms with Gasteiger partial charge in [0.05, 0.1) is 5.54 Å². The number of aromatic amines is 1. The SMILES string of the molecule is CCC(NC)(c1ccccc1)c1c[nH]nc1-c1ccccc1F. The molecule has 0 aliphatic carbocycles. The van der Waals surface area contributed by atoms with E-state index in [1.165, 1.54) is 6.07 Å². The fourth-order valence-corrected chi connectivity index (χ4v) is 3.20. The van der Waals surface area contributed by atoms with E-state index in [4.69, 9.17) is 0 Å². The van der Waals surface area contributed by atoms with E-state index in [9.17, 15) is 4.39 Å². The average Bonchev–Trinajstić information content (AvgIpc) is 3.08. The number of benzene rings is 2. The Balaban J connectivity index is 2.21. The van der Waals surface area contributed by atoms with Crippen molar-refractivity contribution in [3.8, 4) is 11.3 Å². The third-order valence-electron chi connectivity index (χ3n) is 4.45. The van der Waals surface area contributed by atoms with Gasteiger partial charge in [0.2, 0.25) is 0 Å². The van der Waals surface area contributed by atoms with Gasteiger partial charge in [-0.2, -0.15) is 5.10 Å².